The Morgan fingerprint density at radius 3 is 2.30 bits per heavy atom. The summed E-state index contributed by atoms with van der Waals surface area (Å²) in [6.45, 7) is 1.46. The Labute approximate surface area is 162 Å². The van der Waals surface area contributed by atoms with Gasteiger partial charge in [-0.15, -0.1) is 0 Å². The summed E-state index contributed by atoms with van der Waals surface area (Å²) in [6.07, 6.45) is -0.148. The normalized spacial score (nSPS) is 11.3. The molecule has 0 aliphatic carbocycles. The third-order valence-corrected chi connectivity index (χ3v) is 3.98. The minimum absolute atomic E-state index is 0.0382. The van der Waals surface area contributed by atoms with Crippen LogP contribution < -0.4 is 10.6 Å². The van der Waals surface area contributed by atoms with Crippen LogP contribution in [-0.4, -0.2) is 24.4 Å². The summed E-state index contributed by atoms with van der Waals surface area (Å²) in [5, 5.41) is 5.96. The number of halogens is 1. The molecular weight excluding hydrogens is 368 g/mol. The van der Waals surface area contributed by atoms with Crippen LogP contribution in [0.4, 0.5) is 5.69 Å². The maximum absolute atomic E-state index is 11.9. The zero-order chi connectivity index (χ0) is 19.6. The van der Waals surface area contributed by atoms with Crippen molar-refractivity contribution >= 4 is 35.1 Å². The molecule has 0 radical (unpaired) electrons. The molecule has 2 N–H and O–H groups in total. The maximum atomic E-state index is 11.9. The number of nitrogens with one attached hydrogen (secondary N) is 2. The third-order valence-electron chi connectivity index (χ3n) is 3.73. The van der Waals surface area contributed by atoms with Gasteiger partial charge in [0.05, 0.1) is 12.5 Å². The summed E-state index contributed by atoms with van der Waals surface area (Å²) >= 11 is 5.77. The molecule has 0 bridgehead atoms. The van der Waals surface area contributed by atoms with E-state index in [0.29, 0.717) is 10.7 Å². The van der Waals surface area contributed by atoms with Gasteiger partial charge in [-0.2, -0.15) is 0 Å². The molecular formula is C20H21ClN2O4. The molecule has 6 nitrogen and oxygen atoms in total. The van der Waals surface area contributed by atoms with Crippen molar-refractivity contribution in [2.45, 2.75) is 25.8 Å². The standard InChI is InChI=1S/C20H21ClN2O4/c1-14(15-5-3-2-4-6-15)22-19(25)13-27-20(26)12-11-18(24)23-17-9-7-16(21)8-10-17/h2-10,14H,11-13H2,1H3,(H,22,25)(H,23,24)/t14-/m0/s1. The van der Waals surface area contributed by atoms with Crippen LogP contribution in [0.3, 0.4) is 0 Å². The van der Waals surface area contributed by atoms with Crippen LogP contribution in [0.5, 0.6) is 0 Å². The monoisotopic (exact) mass is 388 g/mol. The number of benzene rings is 2. The van der Waals surface area contributed by atoms with Crippen molar-refractivity contribution in [3.8, 4) is 0 Å². The van der Waals surface area contributed by atoms with Gasteiger partial charge in [0.15, 0.2) is 6.61 Å². The van der Waals surface area contributed by atoms with E-state index < -0.39 is 11.9 Å². The summed E-state index contributed by atoms with van der Waals surface area (Å²) in [7, 11) is 0. The zero-order valence-electron chi connectivity index (χ0n) is 14.9. The van der Waals surface area contributed by atoms with Crippen LogP contribution >= 0.6 is 11.6 Å². The highest BCUT2D eigenvalue weighted by atomic mass is 35.5. The first-order valence-corrected chi connectivity index (χ1v) is 8.87. The summed E-state index contributed by atoms with van der Waals surface area (Å²) in [5.74, 6) is -1.33. The predicted molar refractivity (Wildman–Crippen MR) is 103 cm³/mol. The number of rotatable bonds is 8. The summed E-state index contributed by atoms with van der Waals surface area (Å²) in [5.41, 5.74) is 1.54. The lowest BCUT2D eigenvalue weighted by Crippen LogP contribution is -2.31. The zero-order valence-corrected chi connectivity index (χ0v) is 15.7. The number of anilines is 1. The molecule has 7 heteroatoms. The van der Waals surface area contributed by atoms with Crippen LogP contribution in [0.2, 0.25) is 5.02 Å². The first kappa shape index (κ1) is 20.5. The Bertz CT molecular complexity index is 778. The molecule has 0 heterocycles. The highest BCUT2D eigenvalue weighted by molar-refractivity contribution is 6.30. The molecule has 0 fully saturated rings. The number of hydrogen-bond donors (Lipinski definition) is 2. The molecule has 0 aliphatic rings. The second-order valence-electron chi connectivity index (χ2n) is 5.92. The third kappa shape index (κ3) is 7.50. The van der Waals surface area contributed by atoms with E-state index in [4.69, 9.17) is 16.3 Å². The number of ether oxygens (including phenoxy) is 1. The lowest BCUT2D eigenvalue weighted by atomic mass is 10.1. The van der Waals surface area contributed by atoms with Crippen molar-refractivity contribution in [1.29, 1.82) is 0 Å². The minimum atomic E-state index is -0.608. The molecule has 27 heavy (non-hydrogen) atoms. The molecule has 0 unspecified atom stereocenters. The molecule has 2 aromatic rings. The highest BCUT2D eigenvalue weighted by Crippen LogP contribution is 2.14. The van der Waals surface area contributed by atoms with E-state index >= 15 is 0 Å². The van der Waals surface area contributed by atoms with Gasteiger partial charge >= 0.3 is 5.97 Å². The summed E-state index contributed by atoms with van der Waals surface area (Å²) in [6, 6.07) is 15.9. The van der Waals surface area contributed by atoms with Gasteiger partial charge in [0.25, 0.3) is 5.91 Å². The molecule has 0 saturated carbocycles. The van der Waals surface area contributed by atoms with E-state index in [2.05, 4.69) is 10.6 Å². The summed E-state index contributed by atoms with van der Waals surface area (Å²) < 4.78 is 4.91. The van der Waals surface area contributed by atoms with Gasteiger partial charge in [-0.25, -0.2) is 0 Å². The Balaban J connectivity index is 1.65. The Hall–Kier alpha value is -2.86. The van der Waals surface area contributed by atoms with Gasteiger partial charge in [-0.05, 0) is 36.8 Å². The van der Waals surface area contributed by atoms with Crippen molar-refractivity contribution in [3.05, 3.63) is 65.2 Å². The number of hydrogen-bond acceptors (Lipinski definition) is 4. The van der Waals surface area contributed by atoms with E-state index in [9.17, 15) is 14.4 Å². The number of carbonyl (C=O) groups is 3. The molecule has 0 aromatic heterocycles. The molecule has 2 amide bonds. The molecule has 2 rings (SSSR count). The maximum Gasteiger partial charge on any atom is 0.306 e. The minimum Gasteiger partial charge on any atom is -0.456 e. The van der Waals surface area contributed by atoms with Crippen molar-refractivity contribution in [2.24, 2.45) is 0 Å². The van der Waals surface area contributed by atoms with Gasteiger partial charge in [0, 0.05) is 17.1 Å². The lowest BCUT2D eigenvalue weighted by Gasteiger charge is -2.14. The molecule has 142 valence electrons. The quantitative estimate of drug-likeness (QED) is 0.678. The Morgan fingerprint density at radius 1 is 0.963 bits per heavy atom. The number of carbonyl (C=O) groups excluding carboxylic acids is 3. The second-order valence-corrected chi connectivity index (χ2v) is 6.35. The molecule has 0 saturated heterocycles. The van der Waals surface area contributed by atoms with E-state index in [1.807, 2.05) is 37.3 Å². The first-order valence-electron chi connectivity index (χ1n) is 8.49. The fraction of sp³-hybridized carbons (Fsp3) is 0.250. The van der Waals surface area contributed by atoms with Crippen LogP contribution in [-0.2, 0) is 19.1 Å². The van der Waals surface area contributed by atoms with Crippen molar-refractivity contribution in [2.75, 3.05) is 11.9 Å². The fourth-order valence-corrected chi connectivity index (χ4v) is 2.42. The predicted octanol–water partition coefficient (Wildman–Crippen LogP) is 3.48. The fourth-order valence-electron chi connectivity index (χ4n) is 2.30. The molecule has 2 aromatic carbocycles. The van der Waals surface area contributed by atoms with Gasteiger partial charge in [-0.1, -0.05) is 41.9 Å². The lowest BCUT2D eigenvalue weighted by molar-refractivity contribution is -0.149. The first-order chi connectivity index (χ1) is 12.9. The largest absolute Gasteiger partial charge is 0.456 e. The van der Waals surface area contributed by atoms with Crippen molar-refractivity contribution in [1.82, 2.24) is 5.32 Å². The summed E-state index contributed by atoms with van der Waals surface area (Å²) in [4.78, 5) is 35.4. The van der Waals surface area contributed by atoms with Gasteiger partial charge < -0.3 is 15.4 Å². The SMILES string of the molecule is C[C@H](NC(=O)COC(=O)CCC(=O)Nc1ccc(Cl)cc1)c1ccccc1. The van der Waals surface area contributed by atoms with E-state index in [1.165, 1.54) is 0 Å². The van der Waals surface area contributed by atoms with Crippen LogP contribution in [0.15, 0.2) is 54.6 Å². The molecule has 1 atom stereocenters. The molecule has 0 aliphatic heterocycles. The van der Waals surface area contributed by atoms with Crippen LogP contribution in [0, 0.1) is 0 Å². The van der Waals surface area contributed by atoms with Crippen molar-refractivity contribution in [3.63, 3.8) is 0 Å². The average Bonchev–Trinajstić information content (AvgIpc) is 2.67. The van der Waals surface area contributed by atoms with Crippen LogP contribution in [0.1, 0.15) is 31.4 Å². The topological polar surface area (TPSA) is 84.5 Å². The number of esters is 1. The van der Waals surface area contributed by atoms with E-state index in [0.717, 1.165) is 5.56 Å². The van der Waals surface area contributed by atoms with Gasteiger partial charge in [0.2, 0.25) is 5.91 Å². The smallest absolute Gasteiger partial charge is 0.306 e. The van der Waals surface area contributed by atoms with Gasteiger partial charge in [0.1, 0.15) is 0 Å². The van der Waals surface area contributed by atoms with Crippen LogP contribution in [0.25, 0.3) is 0 Å². The number of amides is 2. The Morgan fingerprint density at radius 2 is 1.63 bits per heavy atom. The van der Waals surface area contributed by atoms with Crippen molar-refractivity contribution < 1.29 is 19.1 Å². The Kier molecular flexibility index (Phi) is 7.82. The van der Waals surface area contributed by atoms with E-state index in [-0.39, 0.29) is 31.4 Å². The highest BCUT2D eigenvalue weighted by Gasteiger charge is 2.13. The van der Waals surface area contributed by atoms with Gasteiger partial charge in [-0.3, -0.25) is 14.4 Å². The average molecular weight is 389 g/mol. The second kappa shape index (κ2) is 10.3. The molecule has 0 spiro atoms. The van der Waals surface area contributed by atoms with E-state index in [1.54, 1.807) is 24.3 Å².